The van der Waals surface area contributed by atoms with Crippen LogP contribution in [-0.4, -0.2) is 32.6 Å². The van der Waals surface area contributed by atoms with E-state index in [4.69, 9.17) is 0 Å². The van der Waals surface area contributed by atoms with Crippen LogP contribution in [0, 0.1) is 5.82 Å². The first-order valence-corrected chi connectivity index (χ1v) is 12.6. The molecule has 0 radical (unpaired) electrons. The number of nitrogens with one attached hydrogen (secondary N) is 2. The van der Waals surface area contributed by atoms with Crippen molar-refractivity contribution < 1.29 is 9.18 Å². The molecule has 2 N–H and O–H groups in total. The number of carbonyl (C=O) groups is 1. The van der Waals surface area contributed by atoms with Crippen molar-refractivity contribution in [2.45, 2.75) is 11.7 Å². The van der Waals surface area contributed by atoms with Crippen LogP contribution in [0.15, 0.2) is 107 Å². The molecule has 0 fully saturated rings. The van der Waals surface area contributed by atoms with E-state index < -0.39 is 0 Å². The maximum atomic E-state index is 13.0. The van der Waals surface area contributed by atoms with Gasteiger partial charge in [-0.1, -0.05) is 78.5 Å². The second kappa shape index (κ2) is 11.5. The van der Waals surface area contributed by atoms with Crippen molar-refractivity contribution >= 4 is 40.3 Å². The number of rotatable bonds is 9. The van der Waals surface area contributed by atoms with Gasteiger partial charge in [0.05, 0.1) is 18.5 Å². The van der Waals surface area contributed by atoms with Crippen LogP contribution >= 0.6 is 11.8 Å². The van der Waals surface area contributed by atoms with Crippen LogP contribution in [0.25, 0.3) is 16.5 Å². The minimum atomic E-state index is -0.327. The summed E-state index contributed by atoms with van der Waals surface area (Å²) < 4.78 is 15.0. The van der Waals surface area contributed by atoms with Crippen LogP contribution in [0.4, 0.5) is 10.1 Å². The van der Waals surface area contributed by atoms with Crippen LogP contribution in [0.3, 0.4) is 0 Å². The number of para-hydroxylation sites is 1. The summed E-state index contributed by atoms with van der Waals surface area (Å²) in [6, 6.07) is 30.0. The molecule has 9 heteroatoms. The minimum Gasteiger partial charge on any atom is -0.377 e. The predicted octanol–water partition coefficient (Wildman–Crippen LogP) is 5.41. The van der Waals surface area contributed by atoms with Gasteiger partial charge in [-0.05, 0) is 41.3 Å². The highest BCUT2D eigenvalue weighted by molar-refractivity contribution is 7.99. The molecular formula is C28H23FN6OS. The van der Waals surface area contributed by atoms with Gasteiger partial charge in [-0.15, -0.1) is 10.2 Å². The lowest BCUT2D eigenvalue weighted by molar-refractivity contribution is -0.118. The summed E-state index contributed by atoms with van der Waals surface area (Å²) in [6.45, 7) is 0.449. The van der Waals surface area contributed by atoms with Crippen molar-refractivity contribution in [2.75, 3.05) is 11.1 Å². The third-order valence-electron chi connectivity index (χ3n) is 5.55. The number of hydrazone groups is 1. The van der Waals surface area contributed by atoms with Crippen LogP contribution in [0.5, 0.6) is 0 Å². The predicted molar refractivity (Wildman–Crippen MR) is 145 cm³/mol. The second-order valence-corrected chi connectivity index (χ2v) is 9.03. The van der Waals surface area contributed by atoms with E-state index in [1.807, 2.05) is 59.2 Å². The van der Waals surface area contributed by atoms with E-state index in [1.165, 1.54) is 30.1 Å². The molecule has 1 amide bonds. The summed E-state index contributed by atoms with van der Waals surface area (Å²) in [7, 11) is 0. The van der Waals surface area contributed by atoms with Crippen LogP contribution < -0.4 is 10.7 Å². The Kier molecular flexibility index (Phi) is 7.52. The smallest absolute Gasteiger partial charge is 0.250 e. The molecule has 5 aromatic rings. The van der Waals surface area contributed by atoms with Gasteiger partial charge in [-0.25, -0.2) is 9.82 Å². The molecule has 4 aromatic carbocycles. The number of thioether (sulfide) groups is 1. The Balaban J connectivity index is 1.29. The number of hydrogen-bond acceptors (Lipinski definition) is 6. The molecule has 0 saturated heterocycles. The van der Waals surface area contributed by atoms with Crippen molar-refractivity contribution in [2.24, 2.45) is 5.10 Å². The molecule has 0 aliphatic rings. The average Bonchev–Trinajstić information content (AvgIpc) is 3.35. The number of benzene rings is 4. The highest BCUT2D eigenvalue weighted by Gasteiger charge is 2.16. The van der Waals surface area contributed by atoms with E-state index in [0.717, 1.165) is 28.0 Å². The SMILES string of the molecule is O=C(CSc1nnc(CNc2cccc3ccccc23)n1-c1ccccc1)NN=Cc1ccc(F)cc1. The summed E-state index contributed by atoms with van der Waals surface area (Å²) in [6.07, 6.45) is 1.46. The normalized spacial score (nSPS) is 11.2. The molecule has 37 heavy (non-hydrogen) atoms. The maximum Gasteiger partial charge on any atom is 0.250 e. The van der Waals surface area contributed by atoms with Crippen LogP contribution in [0.1, 0.15) is 11.4 Å². The number of carbonyl (C=O) groups excluding carboxylic acids is 1. The Morgan fingerprint density at radius 1 is 0.919 bits per heavy atom. The fourth-order valence-corrected chi connectivity index (χ4v) is 4.55. The molecule has 0 aliphatic carbocycles. The van der Waals surface area contributed by atoms with Crippen LogP contribution in [0.2, 0.25) is 0 Å². The van der Waals surface area contributed by atoms with E-state index in [1.54, 1.807) is 12.1 Å². The lowest BCUT2D eigenvalue weighted by atomic mass is 10.1. The number of hydrogen-bond donors (Lipinski definition) is 2. The van der Waals surface area contributed by atoms with Gasteiger partial charge in [0.1, 0.15) is 5.82 Å². The molecule has 0 unspecified atom stereocenters. The molecule has 0 aliphatic heterocycles. The molecule has 1 aromatic heterocycles. The Bertz CT molecular complexity index is 1530. The van der Waals surface area contributed by atoms with Crippen molar-refractivity contribution in [1.82, 2.24) is 20.2 Å². The summed E-state index contributed by atoms with van der Waals surface area (Å²) in [5.41, 5.74) is 5.08. The second-order valence-electron chi connectivity index (χ2n) is 8.08. The molecule has 0 atom stereocenters. The molecule has 0 bridgehead atoms. The number of aromatic nitrogens is 3. The van der Waals surface area contributed by atoms with Gasteiger partial charge in [0.25, 0.3) is 5.91 Å². The topological polar surface area (TPSA) is 84.2 Å². The molecule has 184 valence electrons. The fourth-order valence-electron chi connectivity index (χ4n) is 3.79. The largest absolute Gasteiger partial charge is 0.377 e. The first-order valence-electron chi connectivity index (χ1n) is 11.6. The number of anilines is 1. The van der Waals surface area contributed by atoms with Gasteiger partial charge in [0.15, 0.2) is 11.0 Å². The zero-order valence-electron chi connectivity index (χ0n) is 19.7. The summed E-state index contributed by atoms with van der Waals surface area (Å²) in [4.78, 5) is 12.4. The Labute approximate surface area is 217 Å². The van der Waals surface area contributed by atoms with E-state index in [2.05, 4.69) is 44.2 Å². The number of fused-ring (bicyclic) bond motifs is 1. The lowest BCUT2D eigenvalue weighted by Crippen LogP contribution is -2.20. The number of halogens is 1. The average molecular weight is 511 g/mol. The fraction of sp³-hybridized carbons (Fsp3) is 0.0714. The standard InChI is InChI=1S/C28H23FN6OS/c29-22-15-13-20(14-16-22)17-31-33-27(36)19-37-28-34-32-26(35(28)23-9-2-1-3-10-23)18-30-25-12-6-8-21-7-4-5-11-24(21)25/h1-17,30H,18-19H2,(H,33,36). The highest BCUT2D eigenvalue weighted by atomic mass is 32.2. The molecule has 1 heterocycles. The first kappa shape index (κ1) is 24.2. The summed E-state index contributed by atoms with van der Waals surface area (Å²) in [5, 5.41) is 19.1. The van der Waals surface area contributed by atoms with E-state index >= 15 is 0 Å². The number of amides is 1. The van der Waals surface area contributed by atoms with Gasteiger partial charge in [-0.2, -0.15) is 5.10 Å². The molecular weight excluding hydrogens is 487 g/mol. The summed E-state index contributed by atoms with van der Waals surface area (Å²) >= 11 is 1.27. The quantitative estimate of drug-likeness (QED) is 0.157. The molecule has 7 nitrogen and oxygen atoms in total. The Morgan fingerprint density at radius 3 is 2.51 bits per heavy atom. The molecule has 0 spiro atoms. The van der Waals surface area contributed by atoms with Crippen LogP contribution in [-0.2, 0) is 11.3 Å². The van der Waals surface area contributed by atoms with Crippen molar-refractivity contribution in [3.8, 4) is 5.69 Å². The monoisotopic (exact) mass is 510 g/mol. The Morgan fingerprint density at radius 2 is 1.68 bits per heavy atom. The molecule has 0 saturated carbocycles. The zero-order chi connectivity index (χ0) is 25.5. The lowest BCUT2D eigenvalue weighted by Gasteiger charge is -2.12. The van der Waals surface area contributed by atoms with Crippen molar-refractivity contribution in [3.63, 3.8) is 0 Å². The van der Waals surface area contributed by atoms with E-state index in [9.17, 15) is 9.18 Å². The molecule has 5 rings (SSSR count). The number of nitrogens with zero attached hydrogens (tertiary/aromatic N) is 4. The van der Waals surface area contributed by atoms with E-state index in [0.29, 0.717) is 17.3 Å². The summed E-state index contributed by atoms with van der Waals surface area (Å²) in [5.74, 6) is 0.201. The zero-order valence-corrected chi connectivity index (χ0v) is 20.5. The van der Waals surface area contributed by atoms with Crippen molar-refractivity contribution in [1.29, 1.82) is 0 Å². The van der Waals surface area contributed by atoms with Gasteiger partial charge in [-0.3, -0.25) is 9.36 Å². The van der Waals surface area contributed by atoms with E-state index in [-0.39, 0.29) is 17.5 Å². The van der Waals surface area contributed by atoms with Gasteiger partial charge >= 0.3 is 0 Å². The Hall–Kier alpha value is -4.50. The van der Waals surface area contributed by atoms with Gasteiger partial charge < -0.3 is 5.32 Å². The van der Waals surface area contributed by atoms with Gasteiger partial charge in [0, 0.05) is 16.8 Å². The van der Waals surface area contributed by atoms with Crippen molar-refractivity contribution in [3.05, 3.63) is 114 Å². The minimum absolute atomic E-state index is 0.0997. The maximum absolute atomic E-state index is 13.0. The third kappa shape index (κ3) is 6.02. The first-order chi connectivity index (χ1) is 18.2. The van der Waals surface area contributed by atoms with Gasteiger partial charge in [0.2, 0.25) is 0 Å². The highest BCUT2D eigenvalue weighted by Crippen LogP contribution is 2.25. The third-order valence-corrected chi connectivity index (χ3v) is 6.48.